The zero-order valence-corrected chi connectivity index (χ0v) is 12.5. The maximum absolute atomic E-state index is 3.53. The highest BCUT2D eigenvalue weighted by molar-refractivity contribution is 5.50. The molecule has 0 radical (unpaired) electrons. The highest BCUT2D eigenvalue weighted by atomic mass is 15.3. The van der Waals surface area contributed by atoms with E-state index in [1.54, 1.807) is 0 Å². The first-order chi connectivity index (χ1) is 8.83. The van der Waals surface area contributed by atoms with Crippen molar-refractivity contribution in [3.8, 4) is 0 Å². The monoisotopic (exact) mass is 248 g/mol. The molecule has 0 saturated carbocycles. The second-order valence-corrected chi connectivity index (χ2v) is 4.48. The number of nitrogens with one attached hydrogen (secondary N) is 1. The fraction of sp³-hybridized carbons (Fsp3) is 0.625. The summed E-state index contributed by atoms with van der Waals surface area (Å²) in [6.45, 7) is 12.5. The van der Waals surface area contributed by atoms with Gasteiger partial charge in [-0.15, -0.1) is 0 Å². The lowest BCUT2D eigenvalue weighted by atomic mass is 10.2. The normalized spacial score (nSPS) is 23.9. The molecule has 2 aliphatic rings. The van der Waals surface area contributed by atoms with Gasteiger partial charge in [0, 0.05) is 30.9 Å². The smallest absolute Gasteiger partial charge is 0.0430 e. The summed E-state index contributed by atoms with van der Waals surface area (Å²) in [5, 5.41) is 3.53. The molecule has 0 spiro atoms. The quantitative estimate of drug-likeness (QED) is 0.817. The van der Waals surface area contributed by atoms with Crippen LogP contribution in [0, 0.1) is 6.92 Å². The van der Waals surface area contributed by atoms with E-state index in [9.17, 15) is 0 Å². The average molecular weight is 248 g/mol. The molecule has 1 aromatic carbocycles. The molecule has 2 saturated heterocycles. The highest BCUT2D eigenvalue weighted by Crippen LogP contribution is 2.29. The van der Waals surface area contributed by atoms with Gasteiger partial charge in [0.1, 0.15) is 0 Å². The Morgan fingerprint density at radius 1 is 1.06 bits per heavy atom. The SMILES string of the molecule is CC.CC.Cc1ccc(N2C[C@H]3CC2CN3)cc1. The Morgan fingerprint density at radius 2 is 1.67 bits per heavy atom. The van der Waals surface area contributed by atoms with Crippen LogP contribution in [0.4, 0.5) is 5.69 Å². The Kier molecular flexibility index (Phi) is 6.20. The molecule has 1 aromatic rings. The van der Waals surface area contributed by atoms with E-state index in [0.29, 0.717) is 0 Å². The van der Waals surface area contributed by atoms with E-state index in [4.69, 9.17) is 0 Å². The Bertz CT molecular complexity index is 331. The molecule has 0 aromatic heterocycles. The second kappa shape index (κ2) is 7.42. The largest absolute Gasteiger partial charge is 0.366 e. The minimum atomic E-state index is 0.737. The van der Waals surface area contributed by atoms with Crippen molar-refractivity contribution in [2.45, 2.75) is 53.1 Å². The van der Waals surface area contributed by atoms with E-state index in [-0.39, 0.29) is 0 Å². The molecule has 1 unspecified atom stereocenters. The molecular weight excluding hydrogens is 220 g/mol. The minimum absolute atomic E-state index is 0.737. The molecule has 2 aliphatic heterocycles. The molecule has 2 heteroatoms. The lowest BCUT2D eigenvalue weighted by Crippen LogP contribution is -2.43. The summed E-state index contributed by atoms with van der Waals surface area (Å²) in [5.41, 5.74) is 2.74. The molecule has 2 nitrogen and oxygen atoms in total. The van der Waals surface area contributed by atoms with E-state index in [1.807, 2.05) is 27.7 Å². The van der Waals surface area contributed by atoms with Gasteiger partial charge in [-0.3, -0.25) is 0 Å². The van der Waals surface area contributed by atoms with E-state index >= 15 is 0 Å². The first kappa shape index (κ1) is 15.0. The van der Waals surface area contributed by atoms with Crippen molar-refractivity contribution in [3.63, 3.8) is 0 Å². The Balaban J connectivity index is 0.000000371. The molecule has 2 bridgehead atoms. The van der Waals surface area contributed by atoms with Crippen LogP contribution in [0.15, 0.2) is 24.3 Å². The fourth-order valence-electron chi connectivity index (χ4n) is 2.61. The molecule has 2 heterocycles. The van der Waals surface area contributed by atoms with Crippen molar-refractivity contribution >= 4 is 5.69 Å². The zero-order valence-electron chi connectivity index (χ0n) is 12.5. The van der Waals surface area contributed by atoms with Crippen LogP contribution in [-0.2, 0) is 0 Å². The van der Waals surface area contributed by atoms with Crippen LogP contribution in [0.1, 0.15) is 39.7 Å². The van der Waals surface area contributed by atoms with Crippen LogP contribution < -0.4 is 10.2 Å². The number of piperazine rings is 1. The Hall–Kier alpha value is -1.02. The van der Waals surface area contributed by atoms with E-state index in [2.05, 4.69) is 41.4 Å². The molecule has 3 rings (SSSR count). The fourth-order valence-corrected chi connectivity index (χ4v) is 2.61. The van der Waals surface area contributed by atoms with Crippen molar-refractivity contribution in [2.75, 3.05) is 18.0 Å². The van der Waals surface area contributed by atoms with Gasteiger partial charge in [0.25, 0.3) is 0 Å². The standard InChI is InChI=1S/C12H16N2.2C2H6/c1-9-2-4-11(5-3-9)14-8-10-6-12(14)7-13-10;2*1-2/h2-5,10,12-13H,6-8H2,1H3;2*1-2H3/t10-,12?;;/m1../s1. The molecular formula is C16H28N2. The molecule has 0 amide bonds. The van der Waals surface area contributed by atoms with Crippen molar-refractivity contribution in [1.82, 2.24) is 5.32 Å². The summed E-state index contributed by atoms with van der Waals surface area (Å²) in [6.07, 6.45) is 1.33. The summed E-state index contributed by atoms with van der Waals surface area (Å²) in [5.74, 6) is 0. The van der Waals surface area contributed by atoms with Crippen LogP contribution >= 0.6 is 0 Å². The third-order valence-corrected chi connectivity index (χ3v) is 3.42. The van der Waals surface area contributed by atoms with Gasteiger partial charge in [-0.2, -0.15) is 0 Å². The highest BCUT2D eigenvalue weighted by Gasteiger charge is 2.37. The van der Waals surface area contributed by atoms with Gasteiger partial charge < -0.3 is 10.2 Å². The zero-order chi connectivity index (χ0) is 13.5. The van der Waals surface area contributed by atoms with Crippen molar-refractivity contribution < 1.29 is 0 Å². The summed E-state index contributed by atoms with van der Waals surface area (Å²) >= 11 is 0. The maximum atomic E-state index is 3.53. The van der Waals surface area contributed by atoms with Gasteiger partial charge in [0.15, 0.2) is 0 Å². The van der Waals surface area contributed by atoms with Gasteiger partial charge in [-0.25, -0.2) is 0 Å². The number of aryl methyl sites for hydroxylation is 1. The molecule has 102 valence electrons. The number of benzene rings is 1. The molecule has 18 heavy (non-hydrogen) atoms. The van der Waals surface area contributed by atoms with E-state index in [1.165, 1.54) is 30.8 Å². The molecule has 0 aliphatic carbocycles. The van der Waals surface area contributed by atoms with Crippen LogP contribution in [0.3, 0.4) is 0 Å². The summed E-state index contributed by atoms with van der Waals surface area (Å²) in [6, 6.07) is 10.4. The van der Waals surface area contributed by atoms with E-state index < -0.39 is 0 Å². The molecule has 1 N–H and O–H groups in total. The number of hydrogen-bond acceptors (Lipinski definition) is 2. The molecule has 2 atom stereocenters. The van der Waals surface area contributed by atoms with Crippen LogP contribution in [-0.4, -0.2) is 25.2 Å². The maximum Gasteiger partial charge on any atom is 0.0430 e. The third kappa shape index (κ3) is 3.26. The predicted molar refractivity (Wildman–Crippen MR) is 81.4 cm³/mol. The van der Waals surface area contributed by atoms with Gasteiger partial charge in [-0.1, -0.05) is 45.4 Å². The Labute approximate surface area is 112 Å². The van der Waals surface area contributed by atoms with Crippen molar-refractivity contribution in [2.24, 2.45) is 0 Å². The number of fused-ring (bicyclic) bond motifs is 2. The number of anilines is 1. The van der Waals surface area contributed by atoms with Gasteiger partial charge in [-0.05, 0) is 25.5 Å². The lowest BCUT2D eigenvalue weighted by molar-refractivity contribution is 0.580. The lowest BCUT2D eigenvalue weighted by Gasteiger charge is -2.29. The predicted octanol–water partition coefficient (Wildman–Crippen LogP) is 3.60. The first-order valence-corrected chi connectivity index (χ1v) is 7.39. The van der Waals surface area contributed by atoms with Gasteiger partial charge in [0.05, 0.1) is 0 Å². The van der Waals surface area contributed by atoms with Crippen LogP contribution in [0.2, 0.25) is 0 Å². The topological polar surface area (TPSA) is 15.3 Å². The summed E-state index contributed by atoms with van der Waals surface area (Å²) < 4.78 is 0. The van der Waals surface area contributed by atoms with Crippen molar-refractivity contribution in [1.29, 1.82) is 0 Å². The average Bonchev–Trinajstić information content (AvgIpc) is 3.07. The van der Waals surface area contributed by atoms with Gasteiger partial charge >= 0.3 is 0 Å². The number of rotatable bonds is 1. The second-order valence-electron chi connectivity index (χ2n) is 4.48. The minimum Gasteiger partial charge on any atom is -0.366 e. The van der Waals surface area contributed by atoms with Crippen molar-refractivity contribution in [3.05, 3.63) is 29.8 Å². The molecule has 2 fully saturated rings. The van der Waals surface area contributed by atoms with Crippen LogP contribution in [0.5, 0.6) is 0 Å². The van der Waals surface area contributed by atoms with Gasteiger partial charge in [0.2, 0.25) is 0 Å². The first-order valence-electron chi connectivity index (χ1n) is 7.39. The van der Waals surface area contributed by atoms with Crippen LogP contribution in [0.25, 0.3) is 0 Å². The number of nitrogens with zero attached hydrogens (tertiary/aromatic N) is 1. The third-order valence-electron chi connectivity index (χ3n) is 3.42. The summed E-state index contributed by atoms with van der Waals surface area (Å²) in [4.78, 5) is 2.54. The Morgan fingerprint density at radius 3 is 2.11 bits per heavy atom. The number of hydrogen-bond donors (Lipinski definition) is 1. The van der Waals surface area contributed by atoms with E-state index in [0.717, 1.165) is 12.1 Å². The summed E-state index contributed by atoms with van der Waals surface area (Å²) in [7, 11) is 0.